The van der Waals surface area contributed by atoms with E-state index in [1.165, 1.54) is 47.0 Å². The van der Waals surface area contributed by atoms with Gasteiger partial charge in [0.2, 0.25) is 0 Å². The lowest BCUT2D eigenvalue weighted by atomic mass is 10.0. The van der Waals surface area contributed by atoms with E-state index < -0.39 is 10.0 Å². The minimum atomic E-state index is -1.92. The van der Waals surface area contributed by atoms with Crippen molar-refractivity contribution in [2.24, 2.45) is 0 Å². The van der Waals surface area contributed by atoms with Crippen LogP contribution in [0.1, 0.15) is 0 Å². The fourth-order valence-electron chi connectivity index (χ4n) is 7.71. The average Bonchev–Trinajstić information content (AvgIpc) is 3.54. The van der Waals surface area contributed by atoms with Gasteiger partial charge in [-0.2, -0.15) is 0 Å². The Kier molecular flexibility index (Phi) is 7.55. The number of aromatic nitrogens is 3. The fraction of sp³-hybridized carbons (Fsp3) is 0. The van der Waals surface area contributed by atoms with Crippen LogP contribution < -0.4 is 0 Å². The smallest absolute Gasteiger partial charge is 0.164 e. The van der Waals surface area contributed by atoms with E-state index in [2.05, 4.69) is 176 Å². The second-order valence-corrected chi connectivity index (χ2v) is 16.2. The van der Waals surface area contributed by atoms with Crippen molar-refractivity contribution >= 4 is 20.8 Å². The summed E-state index contributed by atoms with van der Waals surface area (Å²) in [6.07, 6.45) is 0. The predicted octanol–water partition coefficient (Wildman–Crippen LogP) is 13.0. The van der Waals surface area contributed by atoms with Crippen molar-refractivity contribution in [2.45, 2.75) is 19.6 Å². The van der Waals surface area contributed by atoms with Gasteiger partial charge in [0, 0.05) is 36.3 Å². The van der Waals surface area contributed by atoms with E-state index >= 15 is 0 Å². The molecule has 0 radical (unpaired) electrons. The Bertz CT molecular complexity index is 2760. The molecule has 250 valence electrons. The van der Waals surface area contributed by atoms with E-state index in [0.717, 1.165) is 22.3 Å². The lowest BCUT2D eigenvalue weighted by molar-refractivity contribution is 1.07. The Morgan fingerprint density at radius 3 is 1.51 bits per heavy atom. The summed E-state index contributed by atoms with van der Waals surface area (Å²) in [6.45, 7) is 0. The van der Waals surface area contributed by atoms with Gasteiger partial charge in [0.1, 0.15) is 0 Å². The van der Waals surface area contributed by atoms with Gasteiger partial charge in [0.15, 0.2) is 17.5 Å². The first kappa shape index (κ1) is 31.1. The molecule has 4 heteroatoms. The molecule has 0 bridgehead atoms. The molecule has 1 unspecified atom stereocenters. The standard InChI is InChI=1S/C49H33N3S/c1-4-15-34(16-5-1)35-27-29-38(30-28-35)48-50-47(37-18-6-2-7-19-37)51-49(52-48)39-31-32-43-42-24-12-13-25-45(42)53(46(43)33-39,40-21-8-3-9-22-40)44-26-14-20-36-17-10-11-23-41(36)44/h1-33H. The topological polar surface area (TPSA) is 38.7 Å². The summed E-state index contributed by atoms with van der Waals surface area (Å²) in [7, 11) is -1.92. The van der Waals surface area contributed by atoms with Gasteiger partial charge in [-0.25, -0.2) is 15.0 Å². The summed E-state index contributed by atoms with van der Waals surface area (Å²) in [5, 5.41) is 2.51. The van der Waals surface area contributed by atoms with Gasteiger partial charge in [-0.05, 0) is 63.4 Å². The monoisotopic (exact) mass is 695 g/mol. The molecule has 10 rings (SSSR count). The highest BCUT2D eigenvalue weighted by Crippen LogP contribution is 2.80. The van der Waals surface area contributed by atoms with Gasteiger partial charge in [-0.3, -0.25) is 0 Å². The molecule has 0 amide bonds. The molecule has 0 aliphatic carbocycles. The van der Waals surface area contributed by atoms with Gasteiger partial charge in [0.05, 0.1) is 0 Å². The largest absolute Gasteiger partial charge is 0.208 e. The first-order valence-corrected chi connectivity index (χ1v) is 19.5. The van der Waals surface area contributed by atoms with Crippen LogP contribution in [-0.2, 0) is 0 Å². The van der Waals surface area contributed by atoms with E-state index in [4.69, 9.17) is 15.0 Å². The maximum atomic E-state index is 5.21. The highest BCUT2D eigenvalue weighted by molar-refractivity contribution is 8.34. The summed E-state index contributed by atoms with van der Waals surface area (Å²) < 4.78 is 0. The quantitative estimate of drug-likeness (QED) is 0.174. The SMILES string of the molecule is c1ccc(-c2ccc(-c3nc(-c4ccccc4)nc(-c4ccc5c(c4)S(c4ccccc4)(c4cccc6ccccc46)c4ccccc4-5)n3)cc2)cc1. The van der Waals surface area contributed by atoms with Crippen LogP contribution in [-0.4, -0.2) is 15.0 Å². The lowest BCUT2D eigenvalue weighted by Gasteiger charge is -2.40. The Morgan fingerprint density at radius 1 is 0.302 bits per heavy atom. The third-order valence-corrected chi connectivity index (χ3v) is 14.2. The molecule has 1 atom stereocenters. The van der Waals surface area contributed by atoms with Crippen LogP contribution in [0.15, 0.2) is 220 Å². The molecule has 1 aromatic heterocycles. The number of benzene rings is 8. The Hall–Kier alpha value is -6.62. The molecule has 3 nitrogen and oxygen atoms in total. The highest BCUT2D eigenvalue weighted by Gasteiger charge is 2.43. The van der Waals surface area contributed by atoms with Crippen molar-refractivity contribution < 1.29 is 0 Å². The molecule has 0 saturated heterocycles. The second-order valence-electron chi connectivity index (χ2n) is 13.2. The summed E-state index contributed by atoms with van der Waals surface area (Å²) in [5.74, 6) is 1.95. The molecule has 0 fully saturated rings. The van der Waals surface area contributed by atoms with Crippen molar-refractivity contribution in [2.75, 3.05) is 0 Å². The summed E-state index contributed by atoms with van der Waals surface area (Å²) >= 11 is 0. The molecule has 2 heterocycles. The van der Waals surface area contributed by atoms with Crippen LogP contribution in [0.5, 0.6) is 0 Å². The van der Waals surface area contributed by atoms with Gasteiger partial charge < -0.3 is 0 Å². The Morgan fingerprint density at radius 2 is 0.774 bits per heavy atom. The van der Waals surface area contributed by atoms with E-state index in [1.807, 2.05) is 24.3 Å². The summed E-state index contributed by atoms with van der Waals surface area (Å²) in [6, 6.07) is 71.6. The molecule has 1 aliphatic heterocycles. The van der Waals surface area contributed by atoms with Crippen molar-refractivity contribution in [3.8, 4) is 56.4 Å². The fourth-order valence-corrected chi connectivity index (χ4v) is 12.1. The summed E-state index contributed by atoms with van der Waals surface area (Å²) in [5.41, 5.74) is 7.72. The molecule has 53 heavy (non-hydrogen) atoms. The van der Waals surface area contributed by atoms with Crippen molar-refractivity contribution in [1.82, 2.24) is 15.0 Å². The molecule has 8 aromatic carbocycles. The van der Waals surface area contributed by atoms with E-state index in [9.17, 15) is 0 Å². The van der Waals surface area contributed by atoms with Gasteiger partial charge in [-0.15, -0.1) is 10.0 Å². The van der Waals surface area contributed by atoms with Crippen LogP contribution in [0, 0.1) is 0 Å². The van der Waals surface area contributed by atoms with E-state index in [0.29, 0.717) is 17.5 Å². The summed E-state index contributed by atoms with van der Waals surface area (Å²) in [4.78, 5) is 20.7. The number of rotatable bonds is 6. The average molecular weight is 696 g/mol. The minimum absolute atomic E-state index is 0.646. The van der Waals surface area contributed by atoms with Crippen LogP contribution in [0.25, 0.3) is 67.2 Å². The molecule has 0 saturated carbocycles. The zero-order chi connectivity index (χ0) is 35.2. The number of hydrogen-bond acceptors (Lipinski definition) is 3. The van der Waals surface area contributed by atoms with Crippen LogP contribution in [0.2, 0.25) is 0 Å². The molecule has 1 aliphatic rings. The minimum Gasteiger partial charge on any atom is -0.208 e. The van der Waals surface area contributed by atoms with Gasteiger partial charge in [0.25, 0.3) is 0 Å². The predicted molar refractivity (Wildman–Crippen MR) is 218 cm³/mol. The zero-order valence-corrected chi connectivity index (χ0v) is 29.6. The molecular formula is C49H33N3S. The number of nitrogens with zero attached hydrogens (tertiary/aromatic N) is 3. The lowest BCUT2D eigenvalue weighted by Crippen LogP contribution is -2.04. The first-order valence-electron chi connectivity index (χ1n) is 17.8. The number of hydrogen-bond donors (Lipinski definition) is 0. The first-order chi connectivity index (χ1) is 26.3. The van der Waals surface area contributed by atoms with Crippen molar-refractivity contribution in [1.29, 1.82) is 0 Å². The van der Waals surface area contributed by atoms with Crippen molar-refractivity contribution in [3.05, 3.63) is 200 Å². The molecule has 9 aromatic rings. The van der Waals surface area contributed by atoms with E-state index in [-0.39, 0.29) is 0 Å². The Labute approximate surface area is 310 Å². The third kappa shape index (κ3) is 5.18. The Balaban J connectivity index is 1.21. The van der Waals surface area contributed by atoms with Gasteiger partial charge >= 0.3 is 0 Å². The van der Waals surface area contributed by atoms with Gasteiger partial charge in [-0.1, -0.05) is 170 Å². The molecule has 0 spiro atoms. The van der Waals surface area contributed by atoms with Crippen LogP contribution in [0.3, 0.4) is 0 Å². The zero-order valence-electron chi connectivity index (χ0n) is 28.8. The van der Waals surface area contributed by atoms with Crippen LogP contribution >= 0.6 is 10.0 Å². The van der Waals surface area contributed by atoms with Crippen molar-refractivity contribution in [3.63, 3.8) is 0 Å². The molecule has 0 N–H and O–H groups in total. The highest BCUT2D eigenvalue weighted by atomic mass is 32.3. The maximum Gasteiger partial charge on any atom is 0.164 e. The maximum absolute atomic E-state index is 5.21. The third-order valence-electron chi connectivity index (χ3n) is 10.2. The normalized spacial score (nSPS) is 15.7. The second kappa shape index (κ2) is 12.9. The van der Waals surface area contributed by atoms with Crippen LogP contribution in [0.4, 0.5) is 0 Å². The number of fused-ring (bicyclic) bond motifs is 4. The van der Waals surface area contributed by atoms with E-state index in [1.54, 1.807) is 0 Å². The molecular weight excluding hydrogens is 663 g/mol.